The van der Waals surface area contributed by atoms with Crippen molar-refractivity contribution in [3.63, 3.8) is 0 Å². The second-order valence-corrected chi connectivity index (χ2v) is 3.50. The van der Waals surface area contributed by atoms with Gasteiger partial charge in [-0.3, -0.25) is 0 Å². The van der Waals surface area contributed by atoms with Gasteiger partial charge in [0.05, 0.1) is 7.11 Å². The molecule has 0 unspecified atom stereocenters. The Morgan fingerprint density at radius 2 is 1.73 bits per heavy atom. The van der Waals surface area contributed by atoms with E-state index in [-0.39, 0.29) is 5.97 Å². The maximum atomic E-state index is 10.2. The largest absolute Gasteiger partial charge is 0.466 e. The summed E-state index contributed by atoms with van der Waals surface area (Å²) in [6.45, 7) is 4.95. The molecular formula is C6H9Cl3O2. The van der Waals surface area contributed by atoms with E-state index in [4.69, 9.17) is 34.8 Å². The molecule has 66 valence electrons. The molecule has 0 bridgehead atoms. The highest BCUT2D eigenvalue weighted by molar-refractivity contribution is 6.63. The highest BCUT2D eigenvalue weighted by Gasteiger charge is 1.95. The number of esters is 1. The van der Waals surface area contributed by atoms with Crippen molar-refractivity contribution >= 4 is 40.8 Å². The molecule has 0 aromatic carbocycles. The molecule has 0 aliphatic heterocycles. The average molecular weight is 219 g/mol. The molecule has 11 heavy (non-hydrogen) atoms. The molecule has 0 spiro atoms. The van der Waals surface area contributed by atoms with Crippen molar-refractivity contribution in [2.45, 2.75) is 11.2 Å². The van der Waals surface area contributed by atoms with Crippen LogP contribution >= 0.6 is 34.8 Å². The zero-order valence-electron chi connectivity index (χ0n) is 6.23. The molecule has 0 aliphatic carbocycles. The molecule has 0 fully saturated rings. The molecule has 0 saturated heterocycles. The van der Waals surface area contributed by atoms with Crippen molar-refractivity contribution in [1.82, 2.24) is 0 Å². The molecule has 0 saturated carbocycles. The lowest BCUT2D eigenvalue weighted by atomic mass is 10.4. The fourth-order valence-corrected chi connectivity index (χ4v) is 0.174. The second kappa shape index (κ2) is 8.18. The number of carbonyl (C=O) groups is 1. The highest BCUT2D eigenvalue weighted by atomic mass is 35.6. The van der Waals surface area contributed by atoms with E-state index in [1.165, 1.54) is 7.11 Å². The Kier molecular flexibility index (Phi) is 10.2. The Morgan fingerprint density at radius 3 is 1.73 bits per heavy atom. The first kappa shape index (κ1) is 13.7. The van der Waals surface area contributed by atoms with E-state index in [2.05, 4.69) is 11.3 Å². The first-order valence-corrected chi connectivity index (χ1v) is 3.88. The van der Waals surface area contributed by atoms with Gasteiger partial charge in [0.25, 0.3) is 0 Å². The van der Waals surface area contributed by atoms with Crippen molar-refractivity contribution in [2.75, 3.05) is 7.11 Å². The normalized spacial score (nSPS) is 8.18. The summed E-state index contributed by atoms with van der Waals surface area (Å²) in [4.78, 5) is 10.2. The van der Waals surface area contributed by atoms with E-state index < -0.39 is 4.30 Å². The molecular weight excluding hydrogens is 210 g/mol. The Morgan fingerprint density at radius 1 is 1.45 bits per heavy atom. The van der Waals surface area contributed by atoms with E-state index in [0.29, 0.717) is 5.57 Å². The summed E-state index contributed by atoms with van der Waals surface area (Å²) in [5, 5.41) is 0. The monoisotopic (exact) mass is 218 g/mol. The number of halogens is 3. The SMILES string of the molecule is C=C(C)C(=O)OC.ClC(Cl)Cl. The molecule has 0 N–H and O–H groups in total. The minimum atomic E-state index is -0.750. The van der Waals surface area contributed by atoms with Crippen molar-refractivity contribution in [3.8, 4) is 0 Å². The van der Waals surface area contributed by atoms with Crippen LogP contribution in [0.3, 0.4) is 0 Å². The third-order valence-corrected chi connectivity index (χ3v) is 0.534. The van der Waals surface area contributed by atoms with Crippen molar-refractivity contribution in [3.05, 3.63) is 12.2 Å². The Labute approximate surface area is 81.1 Å². The molecule has 5 heteroatoms. The van der Waals surface area contributed by atoms with E-state index in [0.717, 1.165) is 0 Å². The average Bonchev–Trinajstić information content (AvgIpc) is 1.85. The molecule has 0 aliphatic rings. The fourth-order valence-electron chi connectivity index (χ4n) is 0.174. The molecule has 0 radical (unpaired) electrons. The standard InChI is InChI=1S/C5H8O2.CHCl3/c1-4(2)5(6)7-3;2-1(3)4/h1H2,2-3H3;1H. The van der Waals surface area contributed by atoms with Gasteiger partial charge in [-0.1, -0.05) is 41.4 Å². The summed E-state index contributed by atoms with van der Waals surface area (Å²) in [5.74, 6) is -0.347. The van der Waals surface area contributed by atoms with Crippen LogP contribution in [0, 0.1) is 0 Å². The predicted molar refractivity (Wildman–Crippen MR) is 48.2 cm³/mol. The first-order valence-electron chi connectivity index (χ1n) is 2.57. The number of hydrogen-bond acceptors (Lipinski definition) is 2. The highest BCUT2D eigenvalue weighted by Crippen LogP contribution is 2.03. The number of methoxy groups -OCH3 is 1. The predicted octanol–water partition coefficient (Wildman–Crippen LogP) is 2.72. The molecule has 0 atom stereocenters. The van der Waals surface area contributed by atoms with Gasteiger partial charge in [-0.2, -0.15) is 0 Å². The van der Waals surface area contributed by atoms with Crippen LogP contribution in [-0.4, -0.2) is 17.4 Å². The smallest absolute Gasteiger partial charge is 0.332 e. The molecule has 0 heterocycles. The zero-order valence-corrected chi connectivity index (χ0v) is 8.50. The third kappa shape index (κ3) is 17.8. The summed E-state index contributed by atoms with van der Waals surface area (Å²) in [6.07, 6.45) is 0. The quantitative estimate of drug-likeness (QED) is 0.385. The van der Waals surface area contributed by atoms with Crippen LogP contribution in [0.2, 0.25) is 0 Å². The Hall–Kier alpha value is 0.0800. The second-order valence-electron chi connectivity index (χ2n) is 1.52. The van der Waals surface area contributed by atoms with Crippen LogP contribution in [0.25, 0.3) is 0 Å². The van der Waals surface area contributed by atoms with E-state index in [1.54, 1.807) is 6.92 Å². The lowest BCUT2D eigenvalue weighted by molar-refractivity contribution is -0.136. The number of rotatable bonds is 1. The number of hydrogen-bond donors (Lipinski definition) is 0. The zero-order chi connectivity index (χ0) is 9.44. The van der Waals surface area contributed by atoms with Gasteiger partial charge in [-0.15, -0.1) is 0 Å². The first-order chi connectivity index (χ1) is 4.91. The van der Waals surface area contributed by atoms with Gasteiger partial charge in [0.15, 0.2) is 4.30 Å². The molecule has 0 aromatic rings. The third-order valence-electron chi connectivity index (χ3n) is 0.534. The summed E-state index contributed by atoms with van der Waals surface area (Å²) in [7, 11) is 1.33. The Balaban J connectivity index is 0. The number of carbonyl (C=O) groups excluding carboxylic acids is 1. The molecule has 0 rings (SSSR count). The van der Waals surface area contributed by atoms with Gasteiger partial charge in [0.1, 0.15) is 0 Å². The van der Waals surface area contributed by atoms with E-state index in [9.17, 15) is 4.79 Å². The lowest BCUT2D eigenvalue weighted by Crippen LogP contribution is -1.98. The topological polar surface area (TPSA) is 26.3 Å². The van der Waals surface area contributed by atoms with Gasteiger partial charge in [0.2, 0.25) is 0 Å². The molecule has 0 aromatic heterocycles. The Bertz CT molecular complexity index is 131. The van der Waals surface area contributed by atoms with Crippen molar-refractivity contribution in [2.24, 2.45) is 0 Å². The van der Waals surface area contributed by atoms with E-state index in [1.807, 2.05) is 0 Å². The number of alkyl halides is 3. The lowest BCUT2D eigenvalue weighted by Gasteiger charge is -1.91. The van der Waals surface area contributed by atoms with Gasteiger partial charge in [0, 0.05) is 5.57 Å². The minimum absolute atomic E-state index is 0.347. The molecule has 2 nitrogen and oxygen atoms in total. The van der Waals surface area contributed by atoms with Crippen LogP contribution in [0.1, 0.15) is 6.92 Å². The van der Waals surface area contributed by atoms with Gasteiger partial charge in [-0.25, -0.2) is 4.79 Å². The van der Waals surface area contributed by atoms with Crippen LogP contribution in [0.15, 0.2) is 12.2 Å². The summed E-state index contributed by atoms with van der Waals surface area (Å²) >= 11 is 14.4. The van der Waals surface area contributed by atoms with Gasteiger partial charge in [-0.05, 0) is 6.92 Å². The van der Waals surface area contributed by atoms with Crippen molar-refractivity contribution < 1.29 is 9.53 Å². The molecule has 0 amide bonds. The summed E-state index contributed by atoms with van der Waals surface area (Å²) in [5.41, 5.74) is 0.433. The van der Waals surface area contributed by atoms with Gasteiger partial charge >= 0.3 is 5.97 Å². The summed E-state index contributed by atoms with van der Waals surface area (Å²) < 4.78 is 3.52. The van der Waals surface area contributed by atoms with Crippen LogP contribution in [0.4, 0.5) is 0 Å². The van der Waals surface area contributed by atoms with Crippen LogP contribution in [0.5, 0.6) is 0 Å². The van der Waals surface area contributed by atoms with Gasteiger partial charge < -0.3 is 4.74 Å². The van der Waals surface area contributed by atoms with E-state index >= 15 is 0 Å². The fraction of sp³-hybridized carbons (Fsp3) is 0.500. The van der Waals surface area contributed by atoms with Crippen LogP contribution < -0.4 is 0 Å². The van der Waals surface area contributed by atoms with Crippen LogP contribution in [-0.2, 0) is 9.53 Å². The minimum Gasteiger partial charge on any atom is -0.466 e. The maximum absolute atomic E-state index is 10.2. The summed E-state index contributed by atoms with van der Waals surface area (Å²) in [6, 6.07) is 0. The maximum Gasteiger partial charge on any atom is 0.332 e. The van der Waals surface area contributed by atoms with Crippen molar-refractivity contribution in [1.29, 1.82) is 0 Å². The number of ether oxygens (including phenoxy) is 1.